The second kappa shape index (κ2) is 9.40. The van der Waals surface area contributed by atoms with Crippen molar-refractivity contribution in [2.45, 2.75) is 32.1 Å². The zero-order valence-corrected chi connectivity index (χ0v) is 21.6. The lowest BCUT2D eigenvalue weighted by Gasteiger charge is -2.15. The summed E-state index contributed by atoms with van der Waals surface area (Å²) in [5.41, 5.74) is 1.15. The molecule has 4 rings (SSSR count). The Hall–Kier alpha value is -2.89. The molecule has 0 aliphatic carbocycles. The number of thioether (sulfide) groups is 1. The first-order chi connectivity index (χ1) is 16.2. The van der Waals surface area contributed by atoms with Crippen LogP contribution in [0.3, 0.4) is 0 Å². The van der Waals surface area contributed by atoms with Crippen molar-refractivity contribution in [1.29, 1.82) is 0 Å². The van der Waals surface area contributed by atoms with Gasteiger partial charge >= 0.3 is 5.69 Å². The Balaban J connectivity index is 2.06. The summed E-state index contributed by atoms with van der Waals surface area (Å²) in [5, 5.41) is 2.14. The van der Waals surface area contributed by atoms with Crippen LogP contribution >= 0.6 is 23.1 Å². The number of hydrogen-bond donors (Lipinski definition) is 0. The molecular formula is C23H27N5O4S2. The number of amides is 1. The van der Waals surface area contributed by atoms with Crippen molar-refractivity contribution >= 4 is 50.3 Å². The molecule has 0 atom stereocenters. The van der Waals surface area contributed by atoms with Crippen LogP contribution in [0.25, 0.3) is 21.3 Å². The molecule has 0 unspecified atom stereocenters. The summed E-state index contributed by atoms with van der Waals surface area (Å²) in [6.45, 7) is 4.77. The molecule has 1 amide bonds. The van der Waals surface area contributed by atoms with Crippen LogP contribution in [-0.4, -0.2) is 50.1 Å². The van der Waals surface area contributed by atoms with Gasteiger partial charge in [0.15, 0.2) is 5.16 Å². The molecule has 3 heterocycles. The minimum Gasteiger partial charge on any atom is -0.314 e. The number of hydroxylamine groups is 2. The molecule has 0 spiro atoms. The first kappa shape index (κ1) is 24.2. The number of carbonyl (C=O) groups is 1. The van der Waals surface area contributed by atoms with Gasteiger partial charge in [-0.3, -0.25) is 23.6 Å². The molecule has 11 heteroatoms. The largest absolute Gasteiger partial charge is 0.331 e. The first-order valence-corrected chi connectivity index (χ1v) is 12.8. The summed E-state index contributed by atoms with van der Waals surface area (Å²) in [6.07, 6.45) is 1.95. The van der Waals surface area contributed by atoms with Gasteiger partial charge in [-0.1, -0.05) is 37.7 Å². The van der Waals surface area contributed by atoms with Crippen molar-refractivity contribution in [2.24, 2.45) is 13.0 Å². The number of para-hydroxylation sites is 2. The molecule has 0 aliphatic heterocycles. The number of fused-ring (bicyclic) bond motifs is 2. The van der Waals surface area contributed by atoms with E-state index < -0.39 is 17.2 Å². The third-order valence-corrected chi connectivity index (χ3v) is 7.54. The minimum atomic E-state index is -0.490. The maximum atomic E-state index is 13.4. The van der Waals surface area contributed by atoms with Gasteiger partial charge in [-0.05, 0) is 24.3 Å². The lowest BCUT2D eigenvalue weighted by Crippen LogP contribution is -2.39. The number of carbonyl (C=O) groups excluding carboxylic acids is 1. The van der Waals surface area contributed by atoms with Gasteiger partial charge in [-0.15, -0.1) is 11.3 Å². The third-order valence-electron chi connectivity index (χ3n) is 5.67. The molecule has 0 fully saturated rings. The van der Waals surface area contributed by atoms with Crippen molar-refractivity contribution < 1.29 is 9.63 Å². The molecule has 9 nitrogen and oxygen atoms in total. The molecule has 0 radical (unpaired) electrons. The van der Waals surface area contributed by atoms with E-state index in [-0.39, 0.29) is 16.9 Å². The average Bonchev–Trinajstić information content (AvgIpc) is 3.38. The Bertz CT molecular complexity index is 1510. The standard InChI is InChI=1S/C23H27N5O4S2/c1-13(2)11-28-21-18(19(29)25(3)23(28)31)17(20(30)26(4)32-5)16(34-21)12-27-15-10-8-7-9-14(15)24-22(27)33-6/h7-10,13H,11-12H2,1-6H3. The van der Waals surface area contributed by atoms with Crippen LogP contribution in [0.2, 0.25) is 0 Å². The van der Waals surface area contributed by atoms with Gasteiger partial charge in [0.25, 0.3) is 11.5 Å². The third kappa shape index (κ3) is 3.97. The molecule has 0 aliphatic rings. The molecule has 4 aromatic rings. The zero-order valence-electron chi connectivity index (χ0n) is 20.0. The molecule has 34 heavy (non-hydrogen) atoms. The molecular weight excluding hydrogens is 474 g/mol. The summed E-state index contributed by atoms with van der Waals surface area (Å²) < 4.78 is 4.70. The van der Waals surface area contributed by atoms with Crippen LogP contribution in [0.4, 0.5) is 0 Å². The maximum absolute atomic E-state index is 13.4. The zero-order chi connectivity index (χ0) is 24.7. The summed E-state index contributed by atoms with van der Waals surface area (Å²) in [4.78, 5) is 50.8. The minimum absolute atomic E-state index is 0.172. The Morgan fingerprint density at radius 2 is 1.94 bits per heavy atom. The number of hydrogen-bond acceptors (Lipinski definition) is 7. The van der Waals surface area contributed by atoms with Crippen molar-refractivity contribution in [1.82, 2.24) is 23.7 Å². The van der Waals surface area contributed by atoms with Gasteiger partial charge in [-0.2, -0.15) is 0 Å². The van der Waals surface area contributed by atoms with E-state index in [0.717, 1.165) is 25.8 Å². The predicted octanol–water partition coefficient (Wildman–Crippen LogP) is 3.17. The monoisotopic (exact) mass is 501 g/mol. The molecule has 180 valence electrons. The number of benzene rings is 1. The van der Waals surface area contributed by atoms with Crippen molar-refractivity contribution in [3.8, 4) is 0 Å². The summed E-state index contributed by atoms with van der Waals surface area (Å²) in [5.74, 6) is -0.267. The van der Waals surface area contributed by atoms with Gasteiger partial charge in [0.05, 0.1) is 35.6 Å². The number of thiophene rings is 1. The van der Waals surface area contributed by atoms with E-state index in [1.54, 1.807) is 4.57 Å². The molecule has 0 saturated carbocycles. The number of imidazole rings is 1. The Morgan fingerprint density at radius 3 is 2.59 bits per heavy atom. The summed E-state index contributed by atoms with van der Waals surface area (Å²) in [7, 11) is 4.35. The number of nitrogens with zero attached hydrogens (tertiary/aromatic N) is 5. The predicted molar refractivity (Wildman–Crippen MR) is 136 cm³/mol. The highest BCUT2D eigenvalue weighted by molar-refractivity contribution is 7.98. The highest BCUT2D eigenvalue weighted by Crippen LogP contribution is 2.33. The van der Waals surface area contributed by atoms with E-state index in [0.29, 0.717) is 22.8 Å². The SMILES string of the molecule is CON(C)C(=O)c1c(Cn2c(SC)nc3ccccc32)sc2c1c(=O)n(C)c(=O)n2CC(C)C. The second-order valence-electron chi connectivity index (χ2n) is 8.39. The smallest absolute Gasteiger partial charge is 0.314 e. The highest BCUT2D eigenvalue weighted by atomic mass is 32.2. The highest BCUT2D eigenvalue weighted by Gasteiger charge is 2.28. The van der Waals surface area contributed by atoms with E-state index in [1.165, 1.54) is 44.3 Å². The van der Waals surface area contributed by atoms with Gasteiger partial charge in [0, 0.05) is 25.5 Å². The van der Waals surface area contributed by atoms with Crippen LogP contribution in [0.5, 0.6) is 0 Å². The number of aromatic nitrogens is 4. The lowest BCUT2D eigenvalue weighted by atomic mass is 10.1. The van der Waals surface area contributed by atoms with E-state index in [9.17, 15) is 14.4 Å². The van der Waals surface area contributed by atoms with E-state index in [4.69, 9.17) is 9.82 Å². The van der Waals surface area contributed by atoms with Crippen molar-refractivity contribution in [3.05, 3.63) is 55.5 Å². The fourth-order valence-corrected chi connectivity index (χ4v) is 5.83. The Kier molecular flexibility index (Phi) is 6.70. The molecule has 0 bridgehead atoms. The Labute approximate surface area is 204 Å². The van der Waals surface area contributed by atoms with Crippen LogP contribution in [0.1, 0.15) is 29.1 Å². The van der Waals surface area contributed by atoms with E-state index in [1.807, 2.05) is 48.9 Å². The van der Waals surface area contributed by atoms with Gasteiger partial charge in [0.1, 0.15) is 4.83 Å². The molecule has 0 N–H and O–H groups in total. The first-order valence-electron chi connectivity index (χ1n) is 10.8. The van der Waals surface area contributed by atoms with E-state index in [2.05, 4.69) is 0 Å². The second-order valence-corrected chi connectivity index (χ2v) is 10.2. The van der Waals surface area contributed by atoms with Crippen molar-refractivity contribution in [3.63, 3.8) is 0 Å². The maximum Gasteiger partial charge on any atom is 0.331 e. The number of rotatable bonds is 7. The fourth-order valence-electron chi connectivity index (χ4n) is 3.99. The average molecular weight is 502 g/mol. The normalized spacial score (nSPS) is 11.7. The fraction of sp³-hybridized carbons (Fsp3) is 0.391. The lowest BCUT2D eigenvalue weighted by molar-refractivity contribution is -0.0756. The van der Waals surface area contributed by atoms with Crippen LogP contribution < -0.4 is 11.2 Å². The Morgan fingerprint density at radius 1 is 1.24 bits per heavy atom. The summed E-state index contributed by atoms with van der Waals surface area (Å²) >= 11 is 2.81. The van der Waals surface area contributed by atoms with Gasteiger partial charge < -0.3 is 4.57 Å². The van der Waals surface area contributed by atoms with Crippen LogP contribution in [-0.2, 0) is 25.0 Å². The van der Waals surface area contributed by atoms with Crippen LogP contribution in [0.15, 0.2) is 39.0 Å². The van der Waals surface area contributed by atoms with Crippen molar-refractivity contribution in [2.75, 3.05) is 20.4 Å². The summed E-state index contributed by atoms with van der Waals surface area (Å²) in [6, 6.07) is 7.79. The van der Waals surface area contributed by atoms with Gasteiger partial charge in [0.2, 0.25) is 0 Å². The van der Waals surface area contributed by atoms with Crippen LogP contribution in [0, 0.1) is 5.92 Å². The quantitative estimate of drug-likeness (QED) is 0.285. The molecule has 1 aromatic carbocycles. The van der Waals surface area contributed by atoms with E-state index >= 15 is 0 Å². The van der Waals surface area contributed by atoms with Gasteiger partial charge in [-0.25, -0.2) is 14.8 Å². The topological polar surface area (TPSA) is 91.4 Å². The molecule has 0 saturated heterocycles. The molecule has 3 aromatic heterocycles.